The highest BCUT2D eigenvalue weighted by atomic mass is 127. The topological polar surface area (TPSA) is 75.8 Å². The van der Waals surface area contributed by atoms with Crippen LogP contribution in [0.15, 0.2) is 33.8 Å². The number of nitrogens with zero attached hydrogens (tertiary/aromatic N) is 4. The van der Waals surface area contributed by atoms with E-state index in [-0.39, 0.29) is 29.9 Å². The average molecular weight is 508 g/mol. The maximum absolute atomic E-state index is 5.86. The van der Waals surface area contributed by atoms with Crippen LogP contribution in [0, 0.1) is 0 Å². The summed E-state index contributed by atoms with van der Waals surface area (Å²) in [5, 5.41) is 7.95. The van der Waals surface area contributed by atoms with Gasteiger partial charge in [-0.1, -0.05) is 30.6 Å². The fourth-order valence-corrected chi connectivity index (χ4v) is 2.33. The van der Waals surface area contributed by atoms with Crippen LogP contribution in [0.25, 0.3) is 0 Å². The summed E-state index contributed by atoms with van der Waals surface area (Å²) in [7, 11) is 3.71. The summed E-state index contributed by atoms with van der Waals surface area (Å²) >= 11 is 5.86. The predicted octanol–water partition coefficient (Wildman–Crippen LogP) is 3.59. The van der Waals surface area contributed by atoms with Gasteiger partial charge < -0.3 is 19.5 Å². The van der Waals surface area contributed by atoms with E-state index < -0.39 is 0 Å². The van der Waals surface area contributed by atoms with Gasteiger partial charge in [-0.3, -0.25) is 4.99 Å². The number of nitrogens with one attached hydrogen (secondary N) is 1. The first-order valence-corrected chi connectivity index (χ1v) is 9.00. The summed E-state index contributed by atoms with van der Waals surface area (Å²) in [4.78, 5) is 10.7. The lowest BCUT2D eigenvalue weighted by Crippen LogP contribution is -2.41. The molecule has 9 heteroatoms. The summed E-state index contributed by atoms with van der Waals surface area (Å²) < 4.78 is 10.9. The lowest BCUT2D eigenvalue weighted by molar-refractivity contribution is 0.281. The van der Waals surface area contributed by atoms with E-state index in [0.29, 0.717) is 37.0 Å². The molecule has 0 spiro atoms. The van der Waals surface area contributed by atoms with Crippen LogP contribution in [0.3, 0.4) is 0 Å². The molecular formula is C18H27ClIN5O2. The molecule has 0 saturated heterocycles. The maximum Gasteiger partial charge on any atom is 0.228 e. The van der Waals surface area contributed by atoms with Crippen LogP contribution in [-0.2, 0) is 6.42 Å². The fraction of sp³-hybridized carbons (Fsp3) is 0.500. The van der Waals surface area contributed by atoms with Crippen LogP contribution in [-0.4, -0.2) is 54.8 Å². The molecule has 0 unspecified atom stereocenters. The van der Waals surface area contributed by atoms with Crippen molar-refractivity contribution < 1.29 is 9.26 Å². The third-order valence-electron chi connectivity index (χ3n) is 3.70. The number of ether oxygens (including phenoxy) is 1. The van der Waals surface area contributed by atoms with E-state index in [9.17, 15) is 0 Å². The van der Waals surface area contributed by atoms with E-state index in [0.717, 1.165) is 17.5 Å². The van der Waals surface area contributed by atoms with Gasteiger partial charge in [-0.15, -0.1) is 24.0 Å². The van der Waals surface area contributed by atoms with Crippen molar-refractivity contribution in [1.29, 1.82) is 0 Å². The van der Waals surface area contributed by atoms with Gasteiger partial charge >= 0.3 is 0 Å². The normalized spacial score (nSPS) is 11.3. The monoisotopic (exact) mass is 507 g/mol. The number of likely N-dealkylation sites (N-methyl/N-ethyl adjacent to an activating group) is 1. The largest absolute Gasteiger partial charge is 0.492 e. The summed E-state index contributed by atoms with van der Waals surface area (Å²) in [6.45, 7) is 5.97. The van der Waals surface area contributed by atoms with E-state index in [1.165, 1.54) is 0 Å². The van der Waals surface area contributed by atoms with Crippen molar-refractivity contribution in [2.75, 3.05) is 33.8 Å². The molecule has 1 heterocycles. The minimum atomic E-state index is 0. The van der Waals surface area contributed by atoms with Crippen molar-refractivity contribution in [3.63, 3.8) is 0 Å². The third kappa shape index (κ3) is 7.92. The molecule has 0 amide bonds. The minimum Gasteiger partial charge on any atom is -0.492 e. The molecule has 0 aliphatic rings. The molecule has 0 aliphatic heterocycles. The molecule has 0 fully saturated rings. The molecule has 0 bridgehead atoms. The van der Waals surface area contributed by atoms with Gasteiger partial charge in [-0.05, 0) is 24.3 Å². The van der Waals surface area contributed by atoms with Crippen LogP contribution in [0.1, 0.15) is 31.5 Å². The van der Waals surface area contributed by atoms with Crippen LogP contribution in [0.2, 0.25) is 5.02 Å². The van der Waals surface area contributed by atoms with Crippen molar-refractivity contribution in [2.45, 2.75) is 26.2 Å². The predicted molar refractivity (Wildman–Crippen MR) is 118 cm³/mol. The Morgan fingerprint density at radius 2 is 2.04 bits per heavy atom. The maximum atomic E-state index is 5.86. The summed E-state index contributed by atoms with van der Waals surface area (Å²) in [6.07, 6.45) is 0.647. The Labute approximate surface area is 182 Å². The Hall–Kier alpha value is -1.55. The van der Waals surface area contributed by atoms with Crippen molar-refractivity contribution >= 4 is 41.5 Å². The van der Waals surface area contributed by atoms with Crippen LogP contribution in [0.5, 0.6) is 5.75 Å². The van der Waals surface area contributed by atoms with Crippen molar-refractivity contribution in [3.05, 3.63) is 41.0 Å². The second kappa shape index (κ2) is 12.0. The Morgan fingerprint density at radius 1 is 1.33 bits per heavy atom. The first-order chi connectivity index (χ1) is 12.5. The van der Waals surface area contributed by atoms with Gasteiger partial charge in [0, 0.05) is 38.0 Å². The molecule has 7 nitrogen and oxygen atoms in total. The molecule has 0 aliphatic carbocycles. The highest BCUT2D eigenvalue weighted by Crippen LogP contribution is 2.15. The Balaban J connectivity index is 0.00000364. The average Bonchev–Trinajstić information content (AvgIpc) is 3.09. The van der Waals surface area contributed by atoms with Crippen LogP contribution in [0.4, 0.5) is 0 Å². The lowest BCUT2D eigenvalue weighted by atomic mass is 10.2. The van der Waals surface area contributed by atoms with Gasteiger partial charge in [0.2, 0.25) is 5.89 Å². The molecule has 0 atom stereocenters. The van der Waals surface area contributed by atoms with Gasteiger partial charge in [0.05, 0.1) is 6.54 Å². The number of aliphatic imine (C=N–C) groups is 1. The second-order valence-electron chi connectivity index (χ2n) is 6.15. The highest BCUT2D eigenvalue weighted by Gasteiger charge is 2.10. The summed E-state index contributed by atoms with van der Waals surface area (Å²) in [5.74, 6) is 3.21. The Bertz CT molecular complexity index is 706. The van der Waals surface area contributed by atoms with Crippen molar-refractivity contribution in [3.8, 4) is 5.75 Å². The Kier molecular flexibility index (Phi) is 10.5. The molecule has 0 radical (unpaired) electrons. The zero-order valence-corrected chi connectivity index (χ0v) is 19.2. The molecule has 2 aromatic rings. The van der Waals surface area contributed by atoms with Gasteiger partial charge in [-0.2, -0.15) is 4.98 Å². The molecular weight excluding hydrogens is 481 g/mol. The third-order valence-corrected chi connectivity index (χ3v) is 3.96. The number of aromatic nitrogens is 2. The summed E-state index contributed by atoms with van der Waals surface area (Å²) in [6, 6.07) is 7.32. The zero-order chi connectivity index (χ0) is 18.9. The Morgan fingerprint density at radius 3 is 2.63 bits per heavy atom. The number of benzene rings is 1. The molecule has 2 rings (SSSR count). The second-order valence-corrected chi connectivity index (χ2v) is 6.59. The molecule has 150 valence electrons. The van der Waals surface area contributed by atoms with Gasteiger partial charge in [-0.25, -0.2) is 0 Å². The van der Waals surface area contributed by atoms with Crippen molar-refractivity contribution in [1.82, 2.24) is 20.4 Å². The van der Waals surface area contributed by atoms with Crippen LogP contribution < -0.4 is 10.1 Å². The van der Waals surface area contributed by atoms with Gasteiger partial charge in [0.15, 0.2) is 11.8 Å². The van der Waals surface area contributed by atoms with Crippen molar-refractivity contribution in [2.24, 2.45) is 4.99 Å². The van der Waals surface area contributed by atoms with E-state index >= 15 is 0 Å². The number of hydrogen-bond donors (Lipinski definition) is 1. The fourth-order valence-electron chi connectivity index (χ4n) is 2.21. The highest BCUT2D eigenvalue weighted by molar-refractivity contribution is 14.0. The number of guanidine groups is 1. The van der Waals surface area contributed by atoms with Crippen LogP contribution >= 0.6 is 35.6 Å². The standard InChI is InChI=1S/C18H26ClN5O2.HI/c1-13(2)17-22-16(26-23-17)9-10-21-18(20-3)24(4)11-12-25-15-7-5-14(19)6-8-15;/h5-8,13H,9-12H2,1-4H3,(H,20,21);1H. The summed E-state index contributed by atoms with van der Waals surface area (Å²) in [5.41, 5.74) is 0. The first-order valence-electron chi connectivity index (χ1n) is 8.62. The number of hydrogen-bond acceptors (Lipinski definition) is 5. The smallest absolute Gasteiger partial charge is 0.228 e. The molecule has 27 heavy (non-hydrogen) atoms. The van der Waals surface area contributed by atoms with Gasteiger partial charge in [0.1, 0.15) is 12.4 Å². The first kappa shape index (κ1) is 23.5. The van der Waals surface area contributed by atoms with E-state index in [1.807, 2.05) is 50.1 Å². The molecule has 1 aromatic carbocycles. The quantitative estimate of drug-likeness (QED) is 0.334. The van der Waals surface area contributed by atoms with E-state index in [2.05, 4.69) is 20.4 Å². The SMILES string of the molecule is CN=C(NCCc1nc(C(C)C)no1)N(C)CCOc1ccc(Cl)cc1.I. The zero-order valence-electron chi connectivity index (χ0n) is 16.1. The van der Waals surface area contributed by atoms with E-state index in [4.69, 9.17) is 20.9 Å². The number of halogens is 2. The molecule has 1 aromatic heterocycles. The minimum absolute atomic E-state index is 0. The number of rotatable bonds is 8. The lowest BCUT2D eigenvalue weighted by Gasteiger charge is -2.21. The van der Waals surface area contributed by atoms with E-state index in [1.54, 1.807) is 7.05 Å². The molecule has 1 N–H and O–H groups in total. The van der Waals surface area contributed by atoms with Gasteiger partial charge in [0.25, 0.3) is 0 Å². The molecule has 0 saturated carbocycles.